The van der Waals surface area contributed by atoms with Crippen LogP contribution in [-0.2, 0) is 12.5 Å². The maximum atomic E-state index is 6.90. The van der Waals surface area contributed by atoms with E-state index in [1.165, 1.54) is 64.4 Å². The predicted molar refractivity (Wildman–Crippen MR) is 131 cm³/mol. The van der Waals surface area contributed by atoms with Crippen molar-refractivity contribution in [3.05, 3.63) is 59.4 Å². The first kappa shape index (κ1) is 19.7. The number of rotatable bonds is 1. The zero-order chi connectivity index (χ0) is 22.2. The summed E-state index contributed by atoms with van der Waals surface area (Å²) in [6.45, 7) is 9.11. The van der Waals surface area contributed by atoms with Gasteiger partial charge in [-0.25, -0.2) is 4.57 Å². The highest BCUT2D eigenvalue weighted by molar-refractivity contribution is 6.06. The summed E-state index contributed by atoms with van der Waals surface area (Å²) < 4.78 is 9.08. The van der Waals surface area contributed by atoms with Gasteiger partial charge in [0.05, 0.1) is 12.6 Å². The first-order valence-electron chi connectivity index (χ1n) is 11.9. The highest BCUT2D eigenvalue weighted by atomic mass is 16.5. The van der Waals surface area contributed by atoms with Crippen LogP contribution in [0, 0.1) is 6.92 Å². The second-order valence-corrected chi connectivity index (χ2v) is 10.7. The molecule has 0 unspecified atom stereocenters. The number of hydrogen-bond acceptors (Lipinski definition) is 2. The van der Waals surface area contributed by atoms with E-state index < -0.39 is 0 Å². The van der Waals surface area contributed by atoms with Gasteiger partial charge >= 0.3 is 0 Å². The zero-order valence-electron chi connectivity index (χ0n) is 19.7. The average Bonchev–Trinajstić information content (AvgIpc) is 3.29. The molecule has 0 bridgehead atoms. The number of fused-ring (bicyclic) bond motifs is 3. The minimum atomic E-state index is -0.0529. The number of hydrogen-bond donors (Lipinski definition) is 0. The molecule has 0 amide bonds. The molecular weight excluding hydrogens is 392 g/mol. The highest BCUT2D eigenvalue weighted by Gasteiger charge is 2.35. The standard InChI is InChI=1S/C29H31N2O/c1-17-20-12-8-9-13-21(20)26(29(2,3)4)28-24(17)27-25-22(30-16-31(27)5)14-19(15-23(25)32-28)18-10-6-7-11-18/h8-9,12-16,18H,6-7,10-11H2,1-5H3/q+1. The smallest absolute Gasteiger partial charge is 0.287 e. The van der Waals surface area contributed by atoms with E-state index >= 15 is 0 Å². The quantitative estimate of drug-likeness (QED) is 0.265. The van der Waals surface area contributed by atoms with Gasteiger partial charge in [-0.2, -0.15) is 0 Å². The Hall–Kier alpha value is -2.94. The van der Waals surface area contributed by atoms with Crippen LogP contribution < -0.4 is 9.30 Å². The van der Waals surface area contributed by atoms with Crippen LogP contribution in [0.1, 0.15) is 69.1 Å². The third-order valence-corrected chi connectivity index (χ3v) is 7.52. The molecule has 1 aliphatic carbocycles. The van der Waals surface area contributed by atoms with Crippen molar-refractivity contribution in [2.45, 2.75) is 64.7 Å². The maximum Gasteiger partial charge on any atom is 0.287 e. The second kappa shape index (κ2) is 6.78. The van der Waals surface area contributed by atoms with Crippen molar-refractivity contribution in [2.24, 2.45) is 7.05 Å². The van der Waals surface area contributed by atoms with E-state index in [2.05, 4.69) is 75.7 Å². The second-order valence-electron chi connectivity index (χ2n) is 10.7. The van der Waals surface area contributed by atoms with Gasteiger partial charge < -0.3 is 4.74 Å². The van der Waals surface area contributed by atoms with E-state index in [0.717, 1.165) is 22.4 Å². The van der Waals surface area contributed by atoms with Gasteiger partial charge in [-0.3, -0.25) is 0 Å². The van der Waals surface area contributed by atoms with Crippen LogP contribution in [0.15, 0.2) is 42.7 Å². The molecule has 2 aliphatic rings. The van der Waals surface area contributed by atoms with E-state index in [-0.39, 0.29) is 5.41 Å². The molecule has 3 aromatic carbocycles. The van der Waals surface area contributed by atoms with Gasteiger partial charge in [0.25, 0.3) is 6.33 Å². The Morgan fingerprint density at radius 3 is 2.47 bits per heavy atom. The van der Waals surface area contributed by atoms with Crippen molar-refractivity contribution in [3.63, 3.8) is 0 Å². The fraction of sp³-hybridized carbons (Fsp3) is 0.379. The largest absolute Gasteiger partial charge is 0.455 e. The number of aromatic nitrogens is 2. The molecule has 3 nitrogen and oxygen atoms in total. The Morgan fingerprint density at radius 2 is 1.75 bits per heavy atom. The van der Waals surface area contributed by atoms with E-state index in [1.54, 1.807) is 0 Å². The van der Waals surface area contributed by atoms with Gasteiger partial charge in [-0.05, 0) is 70.1 Å². The van der Waals surface area contributed by atoms with Crippen LogP contribution in [0.3, 0.4) is 0 Å². The average molecular weight is 424 g/mol. The molecule has 0 radical (unpaired) electrons. The van der Waals surface area contributed by atoms with Gasteiger partial charge in [-0.15, -0.1) is 0 Å². The van der Waals surface area contributed by atoms with Crippen molar-refractivity contribution in [1.29, 1.82) is 0 Å². The van der Waals surface area contributed by atoms with Crippen molar-refractivity contribution in [1.82, 2.24) is 4.98 Å². The Kier molecular flexibility index (Phi) is 4.18. The first-order valence-corrected chi connectivity index (χ1v) is 11.9. The normalized spacial score (nSPS) is 15.9. The van der Waals surface area contributed by atoms with Gasteiger partial charge in [0, 0.05) is 5.56 Å². The molecule has 162 valence electrons. The summed E-state index contributed by atoms with van der Waals surface area (Å²) in [7, 11) is 2.11. The maximum absolute atomic E-state index is 6.90. The Balaban J connectivity index is 1.75. The van der Waals surface area contributed by atoms with Crippen LogP contribution in [0.5, 0.6) is 11.5 Å². The van der Waals surface area contributed by atoms with Crippen molar-refractivity contribution < 1.29 is 9.30 Å². The number of nitrogens with zero attached hydrogens (tertiary/aromatic N) is 2. The lowest BCUT2D eigenvalue weighted by Crippen LogP contribution is -2.33. The van der Waals surface area contributed by atoms with Crippen molar-refractivity contribution in [3.8, 4) is 22.8 Å². The molecule has 1 aromatic heterocycles. The first-order chi connectivity index (χ1) is 15.3. The topological polar surface area (TPSA) is 26.0 Å². The number of ether oxygens (including phenoxy) is 1. The molecule has 4 aromatic rings. The Morgan fingerprint density at radius 1 is 1.03 bits per heavy atom. The summed E-state index contributed by atoms with van der Waals surface area (Å²) in [6, 6.07) is 13.4. The van der Waals surface area contributed by atoms with Gasteiger partial charge in [-0.1, -0.05) is 57.9 Å². The fourth-order valence-electron chi connectivity index (χ4n) is 6.04. The molecule has 1 aliphatic heterocycles. The summed E-state index contributed by atoms with van der Waals surface area (Å²) in [5.74, 6) is 2.61. The lowest BCUT2D eigenvalue weighted by Gasteiger charge is -2.31. The molecule has 3 heteroatoms. The minimum absolute atomic E-state index is 0.0529. The third kappa shape index (κ3) is 2.73. The summed E-state index contributed by atoms with van der Waals surface area (Å²) in [5, 5.41) is 3.73. The van der Waals surface area contributed by atoms with Gasteiger partial charge in [0.1, 0.15) is 16.9 Å². The summed E-state index contributed by atoms with van der Waals surface area (Å²) in [6.07, 6.45) is 7.16. The lowest BCUT2D eigenvalue weighted by atomic mass is 9.78. The molecule has 0 atom stereocenters. The molecule has 1 fully saturated rings. The molecule has 6 rings (SSSR count). The third-order valence-electron chi connectivity index (χ3n) is 7.52. The van der Waals surface area contributed by atoms with E-state index in [1.807, 2.05) is 6.33 Å². The van der Waals surface area contributed by atoms with Gasteiger partial charge in [0.2, 0.25) is 0 Å². The summed E-state index contributed by atoms with van der Waals surface area (Å²) in [4.78, 5) is 4.84. The molecule has 0 spiro atoms. The minimum Gasteiger partial charge on any atom is -0.455 e. The van der Waals surface area contributed by atoms with Crippen LogP contribution in [-0.4, -0.2) is 4.98 Å². The van der Waals surface area contributed by atoms with Crippen LogP contribution in [0.4, 0.5) is 0 Å². The zero-order valence-corrected chi connectivity index (χ0v) is 19.7. The van der Waals surface area contributed by atoms with E-state index in [0.29, 0.717) is 5.92 Å². The van der Waals surface area contributed by atoms with Gasteiger partial charge in [0.15, 0.2) is 11.2 Å². The predicted octanol–water partition coefficient (Wildman–Crippen LogP) is 7.25. The van der Waals surface area contributed by atoms with Crippen LogP contribution in [0.25, 0.3) is 32.9 Å². The SMILES string of the molecule is Cc1c2c(c(C(C)(C)C)c3ccccc13)Oc1cc(C3CCCC3)cc3nc[n+](C)c-2c13. The molecule has 0 N–H and O–H groups in total. The highest BCUT2D eigenvalue weighted by Crippen LogP contribution is 2.53. The molecular formula is C29H31N2O+. The Bertz CT molecular complexity index is 1410. The van der Waals surface area contributed by atoms with E-state index in [9.17, 15) is 0 Å². The fourth-order valence-corrected chi connectivity index (χ4v) is 6.04. The monoisotopic (exact) mass is 423 g/mol. The number of aryl methyl sites for hydroxylation is 2. The molecule has 2 heterocycles. The molecule has 32 heavy (non-hydrogen) atoms. The van der Waals surface area contributed by atoms with Crippen LogP contribution >= 0.6 is 0 Å². The van der Waals surface area contributed by atoms with Crippen LogP contribution in [0.2, 0.25) is 0 Å². The Labute approximate surface area is 190 Å². The number of benzene rings is 3. The lowest BCUT2D eigenvalue weighted by molar-refractivity contribution is -0.662. The van der Waals surface area contributed by atoms with Crippen molar-refractivity contribution >= 4 is 21.7 Å². The van der Waals surface area contributed by atoms with Crippen molar-refractivity contribution in [2.75, 3.05) is 0 Å². The summed E-state index contributed by atoms with van der Waals surface area (Å²) in [5.41, 5.74) is 7.38. The summed E-state index contributed by atoms with van der Waals surface area (Å²) >= 11 is 0. The molecule has 1 saturated carbocycles. The molecule has 0 saturated heterocycles. The van der Waals surface area contributed by atoms with E-state index in [4.69, 9.17) is 9.72 Å².